The second-order valence-corrected chi connectivity index (χ2v) is 7.63. The highest BCUT2D eigenvalue weighted by atomic mass is 16.7. The van der Waals surface area contributed by atoms with Gasteiger partial charge in [0.2, 0.25) is 0 Å². The molecule has 1 aliphatic heterocycles. The van der Waals surface area contributed by atoms with Gasteiger partial charge in [0.05, 0.1) is 16.9 Å². The van der Waals surface area contributed by atoms with Crippen molar-refractivity contribution in [2.75, 3.05) is 0 Å². The van der Waals surface area contributed by atoms with E-state index in [0.29, 0.717) is 0 Å². The Hall–Kier alpha value is -0.805. The van der Waals surface area contributed by atoms with E-state index in [4.69, 9.17) is 14.4 Å². The molecule has 0 aliphatic carbocycles. The van der Waals surface area contributed by atoms with Crippen LogP contribution in [0.25, 0.3) is 0 Å². The quantitative estimate of drug-likeness (QED) is 0.780. The summed E-state index contributed by atoms with van der Waals surface area (Å²) in [6, 6.07) is 0. The SMILES string of the molecule is CCn1cc(B2OC(C)(C)C(C)(C)O2)c(C(C)(C)C)n1. The topological polar surface area (TPSA) is 36.3 Å². The Labute approximate surface area is 123 Å². The fraction of sp³-hybridized carbons (Fsp3) is 0.800. The lowest BCUT2D eigenvalue weighted by Crippen LogP contribution is -2.41. The maximum absolute atomic E-state index is 6.17. The highest BCUT2D eigenvalue weighted by molar-refractivity contribution is 6.62. The van der Waals surface area contributed by atoms with E-state index in [1.165, 1.54) is 0 Å². The third kappa shape index (κ3) is 2.53. The van der Waals surface area contributed by atoms with Crippen LogP contribution in [0.5, 0.6) is 0 Å². The van der Waals surface area contributed by atoms with Crippen molar-refractivity contribution in [2.45, 2.75) is 78.6 Å². The number of aryl methyl sites for hydroxylation is 1. The molecule has 1 aliphatic rings. The Morgan fingerprint density at radius 2 is 1.65 bits per heavy atom. The van der Waals surface area contributed by atoms with Gasteiger partial charge >= 0.3 is 7.12 Å². The van der Waals surface area contributed by atoms with E-state index in [9.17, 15) is 0 Å². The van der Waals surface area contributed by atoms with Gasteiger partial charge in [-0.2, -0.15) is 5.10 Å². The van der Waals surface area contributed by atoms with Gasteiger partial charge in [-0.25, -0.2) is 0 Å². The molecule has 1 aromatic heterocycles. The van der Waals surface area contributed by atoms with E-state index in [1.807, 2.05) is 4.68 Å². The summed E-state index contributed by atoms with van der Waals surface area (Å²) in [5.74, 6) is 0. The molecule has 0 amide bonds. The summed E-state index contributed by atoms with van der Waals surface area (Å²) in [6.45, 7) is 17.8. The molecule has 5 heteroatoms. The zero-order valence-electron chi connectivity index (χ0n) is 14.1. The summed E-state index contributed by atoms with van der Waals surface area (Å²) in [7, 11) is -0.338. The van der Waals surface area contributed by atoms with E-state index in [0.717, 1.165) is 17.7 Å². The first-order valence-electron chi connectivity index (χ1n) is 7.41. The molecular formula is C15H27BN2O2. The standard InChI is InChI=1S/C15H27BN2O2/c1-9-18-10-11(12(17-18)13(2,3)4)16-19-14(5,6)15(7,8)20-16/h10H,9H2,1-8H3. The van der Waals surface area contributed by atoms with Crippen LogP contribution < -0.4 is 5.46 Å². The lowest BCUT2D eigenvalue weighted by atomic mass is 9.73. The van der Waals surface area contributed by atoms with Crippen LogP contribution in [0.4, 0.5) is 0 Å². The van der Waals surface area contributed by atoms with Crippen molar-refractivity contribution in [3.05, 3.63) is 11.9 Å². The molecule has 1 fully saturated rings. The first-order valence-corrected chi connectivity index (χ1v) is 7.41. The molecule has 2 heterocycles. The maximum atomic E-state index is 6.17. The first kappa shape index (κ1) is 15.6. The minimum atomic E-state index is -0.338. The predicted molar refractivity (Wildman–Crippen MR) is 82.3 cm³/mol. The summed E-state index contributed by atoms with van der Waals surface area (Å²) in [5, 5.41) is 4.70. The highest BCUT2D eigenvalue weighted by Gasteiger charge is 2.53. The molecule has 1 aromatic rings. The first-order chi connectivity index (χ1) is 8.98. The van der Waals surface area contributed by atoms with Gasteiger partial charge in [0.1, 0.15) is 0 Å². The highest BCUT2D eigenvalue weighted by Crippen LogP contribution is 2.37. The van der Waals surface area contributed by atoms with Crippen molar-refractivity contribution in [1.82, 2.24) is 9.78 Å². The largest absolute Gasteiger partial charge is 0.498 e. The molecule has 0 radical (unpaired) electrons. The third-order valence-electron chi connectivity index (χ3n) is 4.33. The molecule has 20 heavy (non-hydrogen) atoms. The second-order valence-electron chi connectivity index (χ2n) is 7.63. The number of hydrogen-bond acceptors (Lipinski definition) is 3. The molecule has 112 valence electrons. The number of rotatable bonds is 2. The summed E-state index contributed by atoms with van der Waals surface area (Å²) in [4.78, 5) is 0. The van der Waals surface area contributed by atoms with Crippen LogP contribution in [0.15, 0.2) is 6.20 Å². The minimum Gasteiger partial charge on any atom is -0.399 e. The fourth-order valence-corrected chi connectivity index (χ4v) is 2.32. The van der Waals surface area contributed by atoms with E-state index in [1.54, 1.807) is 0 Å². The van der Waals surface area contributed by atoms with Crippen LogP contribution in [-0.4, -0.2) is 28.1 Å². The molecule has 0 saturated carbocycles. The lowest BCUT2D eigenvalue weighted by molar-refractivity contribution is 0.00578. The zero-order valence-corrected chi connectivity index (χ0v) is 14.1. The van der Waals surface area contributed by atoms with Crippen molar-refractivity contribution < 1.29 is 9.31 Å². The molecule has 0 unspecified atom stereocenters. The Kier molecular flexibility index (Phi) is 3.58. The van der Waals surface area contributed by atoms with Gasteiger partial charge in [-0.05, 0) is 34.6 Å². The second kappa shape index (κ2) is 4.60. The average Bonchev–Trinajstić information content (AvgIpc) is 2.78. The minimum absolute atomic E-state index is 0.0284. The number of aromatic nitrogens is 2. The maximum Gasteiger partial charge on any atom is 0.498 e. The van der Waals surface area contributed by atoms with E-state index in [-0.39, 0.29) is 23.7 Å². The number of hydrogen-bond donors (Lipinski definition) is 0. The molecule has 4 nitrogen and oxygen atoms in total. The molecule has 0 atom stereocenters. The van der Waals surface area contributed by atoms with E-state index >= 15 is 0 Å². The van der Waals surface area contributed by atoms with Crippen LogP contribution >= 0.6 is 0 Å². The van der Waals surface area contributed by atoms with Crippen LogP contribution in [0.2, 0.25) is 0 Å². The summed E-state index contributed by atoms with van der Waals surface area (Å²) < 4.78 is 14.3. The van der Waals surface area contributed by atoms with E-state index < -0.39 is 0 Å². The summed E-state index contributed by atoms with van der Waals surface area (Å²) in [5.41, 5.74) is 1.44. The van der Waals surface area contributed by atoms with Gasteiger partial charge in [-0.1, -0.05) is 20.8 Å². The normalized spacial score (nSPS) is 21.5. The van der Waals surface area contributed by atoms with Crippen LogP contribution in [-0.2, 0) is 21.3 Å². The van der Waals surface area contributed by atoms with Gasteiger partial charge in [0, 0.05) is 23.6 Å². The smallest absolute Gasteiger partial charge is 0.399 e. The Bertz CT molecular complexity index is 484. The van der Waals surface area contributed by atoms with Crippen molar-refractivity contribution in [1.29, 1.82) is 0 Å². The summed E-state index contributed by atoms with van der Waals surface area (Å²) >= 11 is 0. The Balaban J connectivity index is 2.42. The summed E-state index contributed by atoms with van der Waals surface area (Å²) in [6.07, 6.45) is 2.06. The number of nitrogens with zero attached hydrogens (tertiary/aromatic N) is 2. The van der Waals surface area contributed by atoms with E-state index in [2.05, 4.69) is 61.6 Å². The van der Waals surface area contributed by atoms with Gasteiger partial charge < -0.3 is 9.31 Å². The zero-order chi connectivity index (χ0) is 15.3. The van der Waals surface area contributed by atoms with Crippen molar-refractivity contribution >= 4 is 12.6 Å². The fourth-order valence-electron chi connectivity index (χ4n) is 2.32. The monoisotopic (exact) mass is 278 g/mol. The van der Waals surface area contributed by atoms with Crippen molar-refractivity contribution in [3.8, 4) is 0 Å². The van der Waals surface area contributed by atoms with Crippen molar-refractivity contribution in [3.63, 3.8) is 0 Å². The molecule has 0 aromatic carbocycles. The van der Waals surface area contributed by atoms with Crippen LogP contribution in [0, 0.1) is 0 Å². The Morgan fingerprint density at radius 1 is 1.15 bits per heavy atom. The van der Waals surface area contributed by atoms with Gasteiger partial charge in [-0.15, -0.1) is 0 Å². The molecule has 0 bridgehead atoms. The molecule has 0 N–H and O–H groups in total. The van der Waals surface area contributed by atoms with Crippen LogP contribution in [0.1, 0.15) is 61.1 Å². The lowest BCUT2D eigenvalue weighted by Gasteiger charge is -2.32. The molecular weight excluding hydrogens is 251 g/mol. The molecule has 0 spiro atoms. The Morgan fingerprint density at radius 3 is 2.05 bits per heavy atom. The molecule has 1 saturated heterocycles. The van der Waals surface area contributed by atoms with Crippen molar-refractivity contribution in [2.24, 2.45) is 0 Å². The predicted octanol–water partition coefficient (Wildman–Crippen LogP) is 2.50. The van der Waals surface area contributed by atoms with Crippen LogP contribution in [0.3, 0.4) is 0 Å². The van der Waals surface area contributed by atoms with Gasteiger partial charge in [0.25, 0.3) is 0 Å². The average molecular weight is 278 g/mol. The van der Waals surface area contributed by atoms with Gasteiger partial charge in [0.15, 0.2) is 0 Å². The third-order valence-corrected chi connectivity index (χ3v) is 4.33. The molecule has 2 rings (SSSR count). The van der Waals surface area contributed by atoms with Gasteiger partial charge in [-0.3, -0.25) is 4.68 Å².